The molecule has 1 aliphatic rings. The monoisotopic (exact) mass is 281 g/mol. The summed E-state index contributed by atoms with van der Waals surface area (Å²) in [7, 11) is 0. The zero-order valence-corrected chi connectivity index (χ0v) is 12.7. The van der Waals surface area contributed by atoms with Crippen LogP contribution in [0.25, 0.3) is 0 Å². The number of hydrogen-bond acceptors (Lipinski definition) is 3. The summed E-state index contributed by atoms with van der Waals surface area (Å²) in [5, 5.41) is 6.89. The summed E-state index contributed by atoms with van der Waals surface area (Å²) in [6.45, 7) is 4.63. The van der Waals surface area contributed by atoms with Crippen molar-refractivity contribution in [2.45, 2.75) is 65.2 Å². The third kappa shape index (κ3) is 7.92. The fraction of sp³-hybridized carbons (Fsp3) is 0.800. The smallest absolute Gasteiger partial charge is 0.249 e. The summed E-state index contributed by atoms with van der Waals surface area (Å²) in [4.78, 5) is 23.1. The first-order chi connectivity index (χ1) is 9.58. The third-order valence-electron chi connectivity index (χ3n) is 3.30. The molecule has 1 saturated carbocycles. The quantitative estimate of drug-likeness (QED) is 0.600. The number of nitrogens with one attached hydrogen (secondary N) is 2. The second-order valence-electron chi connectivity index (χ2n) is 5.86. The van der Waals surface area contributed by atoms with Gasteiger partial charge < -0.3 is 5.32 Å². The Morgan fingerprint density at radius 3 is 2.25 bits per heavy atom. The molecule has 5 nitrogen and oxygen atoms in total. The lowest BCUT2D eigenvalue weighted by Crippen LogP contribution is -2.32. The van der Waals surface area contributed by atoms with E-state index < -0.39 is 0 Å². The summed E-state index contributed by atoms with van der Waals surface area (Å²) in [6.07, 6.45) is 7.83. The van der Waals surface area contributed by atoms with E-state index in [1.807, 2.05) is 13.8 Å². The maximum atomic E-state index is 11.6. The van der Waals surface area contributed by atoms with E-state index in [9.17, 15) is 9.59 Å². The average molecular weight is 281 g/mol. The van der Waals surface area contributed by atoms with Gasteiger partial charge in [-0.1, -0.05) is 33.1 Å². The number of nitrogens with zero attached hydrogens (tertiary/aromatic N) is 1. The van der Waals surface area contributed by atoms with Crippen molar-refractivity contribution in [1.82, 2.24) is 10.7 Å². The molecule has 0 spiro atoms. The molecule has 0 aromatic rings. The molecule has 1 fully saturated rings. The summed E-state index contributed by atoms with van der Waals surface area (Å²) in [5.41, 5.74) is 3.56. The van der Waals surface area contributed by atoms with Crippen molar-refractivity contribution in [1.29, 1.82) is 0 Å². The van der Waals surface area contributed by atoms with Gasteiger partial charge in [0.05, 0.1) is 0 Å². The first kappa shape index (κ1) is 16.7. The molecule has 1 aliphatic carbocycles. The predicted molar refractivity (Wildman–Crippen MR) is 80.4 cm³/mol. The number of amides is 2. The van der Waals surface area contributed by atoms with Crippen LogP contribution in [0.4, 0.5) is 0 Å². The van der Waals surface area contributed by atoms with Crippen LogP contribution in [0.2, 0.25) is 0 Å². The van der Waals surface area contributed by atoms with Crippen LogP contribution in [0.1, 0.15) is 65.2 Å². The first-order valence-electron chi connectivity index (χ1n) is 7.69. The van der Waals surface area contributed by atoms with Gasteiger partial charge in [0.1, 0.15) is 6.42 Å². The zero-order chi connectivity index (χ0) is 14.8. The van der Waals surface area contributed by atoms with Gasteiger partial charge in [-0.2, -0.15) is 5.10 Å². The second-order valence-corrected chi connectivity index (χ2v) is 5.86. The van der Waals surface area contributed by atoms with Crippen LogP contribution in [0.3, 0.4) is 0 Å². The van der Waals surface area contributed by atoms with Gasteiger partial charge in [-0.05, 0) is 31.6 Å². The minimum Gasteiger partial charge on any atom is -0.355 e. The maximum absolute atomic E-state index is 11.6. The molecule has 0 heterocycles. The van der Waals surface area contributed by atoms with Crippen LogP contribution < -0.4 is 10.7 Å². The Hall–Kier alpha value is -1.39. The molecular formula is C15H27N3O2. The highest BCUT2D eigenvalue weighted by Crippen LogP contribution is 2.14. The van der Waals surface area contributed by atoms with Crippen molar-refractivity contribution in [3.05, 3.63) is 0 Å². The lowest BCUT2D eigenvalue weighted by molar-refractivity contribution is -0.129. The van der Waals surface area contributed by atoms with E-state index in [1.165, 1.54) is 19.3 Å². The molecular weight excluding hydrogens is 254 g/mol. The Morgan fingerprint density at radius 2 is 1.65 bits per heavy atom. The Morgan fingerprint density at radius 1 is 1.05 bits per heavy atom. The second kappa shape index (κ2) is 9.50. The topological polar surface area (TPSA) is 70.6 Å². The molecule has 2 N–H and O–H groups in total. The predicted octanol–water partition coefficient (Wildman–Crippen LogP) is 2.37. The van der Waals surface area contributed by atoms with Gasteiger partial charge in [-0.15, -0.1) is 0 Å². The standard InChI is InChI=1S/C15H27N3O2/c1-12(2)11-16-14(19)10-15(20)18-17-13-8-6-4-3-5-7-9-13/h12H,3-11H2,1-2H3,(H,16,19)(H,18,20). The normalized spacial score (nSPS) is 16.2. The zero-order valence-electron chi connectivity index (χ0n) is 12.7. The fourth-order valence-corrected chi connectivity index (χ4v) is 2.13. The number of rotatable bonds is 5. The Labute approximate surface area is 121 Å². The van der Waals surface area contributed by atoms with Crippen molar-refractivity contribution in [3.63, 3.8) is 0 Å². The molecule has 0 aromatic heterocycles. The van der Waals surface area contributed by atoms with Gasteiger partial charge in [-0.25, -0.2) is 5.43 Å². The van der Waals surface area contributed by atoms with Gasteiger partial charge in [0.25, 0.3) is 0 Å². The van der Waals surface area contributed by atoms with E-state index in [4.69, 9.17) is 0 Å². The van der Waals surface area contributed by atoms with Gasteiger partial charge in [-0.3, -0.25) is 9.59 Å². The Kier molecular flexibility index (Phi) is 7.92. The maximum Gasteiger partial charge on any atom is 0.249 e. The molecule has 114 valence electrons. The summed E-state index contributed by atoms with van der Waals surface area (Å²) < 4.78 is 0. The van der Waals surface area contributed by atoms with Crippen LogP contribution in [0.15, 0.2) is 5.10 Å². The summed E-state index contributed by atoms with van der Waals surface area (Å²) in [5.74, 6) is -0.188. The van der Waals surface area contributed by atoms with Crippen molar-refractivity contribution in [2.75, 3.05) is 6.54 Å². The number of hydrazone groups is 1. The molecule has 0 atom stereocenters. The van der Waals surface area contributed by atoms with Crippen molar-refractivity contribution < 1.29 is 9.59 Å². The first-order valence-corrected chi connectivity index (χ1v) is 7.69. The van der Waals surface area contributed by atoms with Crippen molar-refractivity contribution >= 4 is 17.5 Å². The van der Waals surface area contributed by atoms with Crippen LogP contribution in [0, 0.1) is 5.92 Å². The molecule has 0 saturated heterocycles. The number of carbonyl (C=O) groups excluding carboxylic acids is 2. The average Bonchev–Trinajstić information content (AvgIpc) is 2.35. The number of carbonyl (C=O) groups is 2. The summed E-state index contributed by atoms with van der Waals surface area (Å²) in [6, 6.07) is 0. The number of hydrogen-bond donors (Lipinski definition) is 2. The van der Waals surface area contributed by atoms with E-state index in [-0.39, 0.29) is 18.2 Å². The molecule has 0 bridgehead atoms. The van der Waals surface area contributed by atoms with E-state index in [0.717, 1.165) is 31.4 Å². The Balaban J connectivity index is 2.28. The fourth-order valence-electron chi connectivity index (χ4n) is 2.13. The lowest BCUT2D eigenvalue weighted by Gasteiger charge is -2.11. The van der Waals surface area contributed by atoms with Crippen molar-refractivity contribution in [2.24, 2.45) is 11.0 Å². The Bertz CT molecular complexity index is 341. The molecule has 0 radical (unpaired) electrons. The molecule has 0 aliphatic heterocycles. The summed E-state index contributed by atoms with van der Waals surface area (Å²) >= 11 is 0. The molecule has 1 rings (SSSR count). The molecule has 2 amide bonds. The van der Waals surface area contributed by atoms with Gasteiger partial charge >= 0.3 is 0 Å². The molecule has 0 aromatic carbocycles. The lowest BCUT2D eigenvalue weighted by atomic mass is 9.99. The van der Waals surface area contributed by atoms with Crippen molar-refractivity contribution in [3.8, 4) is 0 Å². The highest BCUT2D eigenvalue weighted by molar-refractivity contribution is 5.97. The van der Waals surface area contributed by atoms with E-state index in [2.05, 4.69) is 15.8 Å². The SMILES string of the molecule is CC(C)CNC(=O)CC(=O)NN=C1CCCCCCC1. The molecule has 5 heteroatoms. The molecule has 20 heavy (non-hydrogen) atoms. The van der Waals surface area contributed by atoms with E-state index >= 15 is 0 Å². The minimum atomic E-state index is -0.333. The van der Waals surface area contributed by atoms with Gasteiger partial charge in [0.15, 0.2) is 0 Å². The van der Waals surface area contributed by atoms with Crippen LogP contribution >= 0.6 is 0 Å². The van der Waals surface area contributed by atoms with E-state index in [0.29, 0.717) is 12.5 Å². The minimum absolute atomic E-state index is 0.149. The van der Waals surface area contributed by atoms with Crippen LogP contribution in [-0.4, -0.2) is 24.1 Å². The highest BCUT2D eigenvalue weighted by Gasteiger charge is 2.10. The van der Waals surface area contributed by atoms with Crippen LogP contribution in [-0.2, 0) is 9.59 Å². The van der Waals surface area contributed by atoms with E-state index in [1.54, 1.807) is 0 Å². The van der Waals surface area contributed by atoms with Gasteiger partial charge in [0, 0.05) is 12.3 Å². The van der Waals surface area contributed by atoms with Crippen LogP contribution in [0.5, 0.6) is 0 Å². The van der Waals surface area contributed by atoms with Gasteiger partial charge in [0.2, 0.25) is 11.8 Å². The third-order valence-corrected chi connectivity index (χ3v) is 3.30. The highest BCUT2D eigenvalue weighted by atomic mass is 16.2. The largest absolute Gasteiger partial charge is 0.355 e. The molecule has 0 unspecified atom stereocenters.